The van der Waals surface area contributed by atoms with E-state index in [4.69, 9.17) is 9.84 Å². The fourth-order valence-electron chi connectivity index (χ4n) is 7.04. The summed E-state index contributed by atoms with van der Waals surface area (Å²) in [6.07, 6.45) is 14.1. The van der Waals surface area contributed by atoms with Crippen LogP contribution in [-0.4, -0.2) is 55.1 Å². The second-order valence-electron chi connectivity index (χ2n) is 12.4. The number of nitrogens with zero attached hydrogens (tertiary/aromatic N) is 3. The normalized spacial score (nSPS) is 21.1. The highest BCUT2D eigenvalue weighted by Gasteiger charge is 2.37. The SMILES string of the molecule is Cc1ccc2c(c1)N(c1ccc(NCCCNC3CCCC3)cc1)C(=O)N(C1CCOCC1)N=C2C1CCCCC1. The molecular formula is C34H47N5O2. The first-order chi connectivity index (χ1) is 20.2. The molecule has 0 spiro atoms. The molecule has 2 N–H and O–H groups in total. The molecule has 2 aromatic carbocycles. The summed E-state index contributed by atoms with van der Waals surface area (Å²) < 4.78 is 5.66. The zero-order chi connectivity index (χ0) is 28.0. The molecule has 2 aliphatic heterocycles. The van der Waals surface area contributed by atoms with Crippen LogP contribution < -0.4 is 15.5 Å². The fraction of sp³-hybridized carbons (Fsp3) is 0.588. The number of nitrogens with one attached hydrogen (secondary N) is 2. The highest BCUT2D eigenvalue weighted by molar-refractivity contribution is 6.14. The summed E-state index contributed by atoms with van der Waals surface area (Å²) in [7, 11) is 0. The highest BCUT2D eigenvalue weighted by atomic mass is 16.5. The molecule has 4 aliphatic rings. The average Bonchev–Trinajstić information content (AvgIpc) is 3.49. The molecule has 7 heteroatoms. The first-order valence-corrected chi connectivity index (χ1v) is 16.2. The second-order valence-corrected chi connectivity index (χ2v) is 12.4. The predicted octanol–water partition coefficient (Wildman–Crippen LogP) is 7.37. The van der Waals surface area contributed by atoms with Crippen LogP contribution in [0.2, 0.25) is 0 Å². The molecule has 220 valence electrons. The number of carbonyl (C=O) groups excluding carboxylic acids is 1. The molecule has 0 atom stereocenters. The van der Waals surface area contributed by atoms with Crippen molar-refractivity contribution in [1.29, 1.82) is 0 Å². The molecule has 7 nitrogen and oxygen atoms in total. The summed E-state index contributed by atoms with van der Waals surface area (Å²) in [5.74, 6) is 0.384. The van der Waals surface area contributed by atoms with Crippen molar-refractivity contribution in [2.75, 3.05) is 36.5 Å². The number of amides is 2. The van der Waals surface area contributed by atoms with E-state index >= 15 is 0 Å². The van der Waals surface area contributed by atoms with E-state index in [2.05, 4.69) is 60.0 Å². The highest BCUT2D eigenvalue weighted by Crippen LogP contribution is 2.39. The van der Waals surface area contributed by atoms with Gasteiger partial charge in [0.2, 0.25) is 0 Å². The summed E-state index contributed by atoms with van der Waals surface area (Å²) in [6.45, 7) is 5.44. The van der Waals surface area contributed by atoms with Gasteiger partial charge in [0.1, 0.15) is 0 Å². The van der Waals surface area contributed by atoms with Gasteiger partial charge < -0.3 is 15.4 Å². The smallest absolute Gasteiger partial charge is 0.349 e. The van der Waals surface area contributed by atoms with Crippen LogP contribution in [0, 0.1) is 12.8 Å². The molecule has 2 aromatic rings. The van der Waals surface area contributed by atoms with Gasteiger partial charge in [-0.1, -0.05) is 44.2 Å². The van der Waals surface area contributed by atoms with Gasteiger partial charge in [-0.15, -0.1) is 0 Å². The van der Waals surface area contributed by atoms with Crippen molar-refractivity contribution < 1.29 is 9.53 Å². The minimum absolute atomic E-state index is 0.0477. The number of aryl methyl sites for hydroxylation is 1. The topological polar surface area (TPSA) is 69.2 Å². The number of carbonyl (C=O) groups is 1. The van der Waals surface area contributed by atoms with E-state index in [9.17, 15) is 4.79 Å². The van der Waals surface area contributed by atoms with Crippen LogP contribution in [0.1, 0.15) is 88.2 Å². The van der Waals surface area contributed by atoms with Crippen molar-refractivity contribution in [3.05, 3.63) is 53.6 Å². The van der Waals surface area contributed by atoms with Crippen LogP contribution >= 0.6 is 0 Å². The lowest BCUT2D eigenvalue weighted by Crippen LogP contribution is -2.45. The van der Waals surface area contributed by atoms with Crippen molar-refractivity contribution in [1.82, 2.24) is 10.3 Å². The van der Waals surface area contributed by atoms with Gasteiger partial charge in [-0.3, -0.25) is 4.90 Å². The summed E-state index contributed by atoms with van der Waals surface area (Å²) in [5, 5.41) is 14.3. The second kappa shape index (κ2) is 13.4. The third-order valence-electron chi connectivity index (χ3n) is 9.40. The number of hydrogen-bond donors (Lipinski definition) is 2. The first kappa shape index (κ1) is 28.2. The molecule has 0 aromatic heterocycles. The number of benzene rings is 2. The van der Waals surface area contributed by atoms with Crippen molar-refractivity contribution in [2.24, 2.45) is 11.0 Å². The van der Waals surface area contributed by atoms with Gasteiger partial charge in [-0.2, -0.15) is 5.10 Å². The molecule has 6 rings (SSSR count). The van der Waals surface area contributed by atoms with Crippen molar-refractivity contribution in [3.8, 4) is 0 Å². The Morgan fingerprint density at radius 2 is 1.61 bits per heavy atom. The number of hydrogen-bond acceptors (Lipinski definition) is 5. The number of hydrazone groups is 1. The largest absolute Gasteiger partial charge is 0.385 e. The molecule has 1 saturated heterocycles. The van der Waals surface area contributed by atoms with E-state index in [1.54, 1.807) is 0 Å². The number of fused-ring (bicyclic) bond motifs is 1. The van der Waals surface area contributed by atoms with Crippen molar-refractivity contribution in [2.45, 2.75) is 96.1 Å². The zero-order valence-electron chi connectivity index (χ0n) is 24.7. The maximum Gasteiger partial charge on any atom is 0.349 e. The standard InChI is InChI=1S/C34H47N5O2/c1-25-12-17-31-32(24-25)38(29-15-13-28(14-16-29)36-21-7-20-35-27-10-5-6-11-27)34(40)39(30-18-22-41-23-19-30)37-33(31)26-8-3-2-4-9-26/h12-17,24,26-27,30,35-36H,2-11,18-23H2,1H3. The first-order valence-electron chi connectivity index (χ1n) is 16.2. The van der Waals surface area contributed by atoms with E-state index in [1.807, 2.05) is 9.91 Å². The summed E-state index contributed by atoms with van der Waals surface area (Å²) in [6, 6.07) is 15.6. The van der Waals surface area contributed by atoms with Crippen molar-refractivity contribution >= 4 is 28.8 Å². The minimum Gasteiger partial charge on any atom is -0.385 e. The molecule has 2 aliphatic carbocycles. The molecule has 0 unspecified atom stereocenters. The molecule has 0 bridgehead atoms. The molecular weight excluding hydrogens is 510 g/mol. The van der Waals surface area contributed by atoms with E-state index in [0.717, 1.165) is 85.1 Å². The predicted molar refractivity (Wildman–Crippen MR) is 167 cm³/mol. The van der Waals surface area contributed by atoms with Crippen molar-refractivity contribution in [3.63, 3.8) is 0 Å². The van der Waals surface area contributed by atoms with Crippen LogP contribution in [-0.2, 0) is 4.74 Å². The molecule has 3 fully saturated rings. The third-order valence-corrected chi connectivity index (χ3v) is 9.40. The lowest BCUT2D eigenvalue weighted by molar-refractivity contribution is 0.0480. The van der Waals surface area contributed by atoms with Gasteiger partial charge >= 0.3 is 6.03 Å². The maximum absolute atomic E-state index is 14.5. The van der Waals surface area contributed by atoms with Gasteiger partial charge in [-0.25, -0.2) is 9.80 Å². The summed E-state index contributed by atoms with van der Waals surface area (Å²) >= 11 is 0. The monoisotopic (exact) mass is 557 g/mol. The van der Waals surface area contributed by atoms with Gasteiger partial charge in [0.05, 0.1) is 23.1 Å². The minimum atomic E-state index is -0.0618. The van der Waals surface area contributed by atoms with Crippen LogP contribution in [0.4, 0.5) is 21.9 Å². The zero-order valence-corrected chi connectivity index (χ0v) is 24.7. The van der Waals surface area contributed by atoms with Crippen LogP contribution in [0.3, 0.4) is 0 Å². The Hall–Kier alpha value is -2.90. The average molecular weight is 558 g/mol. The summed E-state index contributed by atoms with van der Waals surface area (Å²) in [5.41, 5.74) is 6.25. The number of anilines is 3. The Labute approximate surface area is 245 Å². The lowest BCUT2D eigenvalue weighted by Gasteiger charge is -2.33. The molecule has 2 saturated carbocycles. The van der Waals surface area contributed by atoms with Crippen LogP contribution in [0.5, 0.6) is 0 Å². The fourth-order valence-corrected chi connectivity index (χ4v) is 7.04. The Balaban J connectivity index is 1.25. The molecule has 2 amide bonds. The third kappa shape index (κ3) is 6.62. The Morgan fingerprint density at radius 3 is 2.37 bits per heavy atom. The maximum atomic E-state index is 14.5. The van der Waals surface area contributed by atoms with E-state index < -0.39 is 0 Å². The Morgan fingerprint density at radius 1 is 0.878 bits per heavy atom. The number of urea groups is 1. The van der Waals surface area contributed by atoms with E-state index in [1.165, 1.54) is 44.9 Å². The van der Waals surface area contributed by atoms with Gasteiger partial charge in [-0.05, 0) is 94.3 Å². The number of rotatable bonds is 9. The Bertz CT molecular complexity index is 1190. The quantitative estimate of drug-likeness (QED) is 0.316. The van der Waals surface area contributed by atoms with Gasteiger partial charge in [0, 0.05) is 43.0 Å². The number of ether oxygens (including phenoxy) is 1. The summed E-state index contributed by atoms with van der Waals surface area (Å²) in [4.78, 5) is 16.4. The van der Waals surface area contributed by atoms with Gasteiger partial charge in [0.15, 0.2) is 0 Å². The van der Waals surface area contributed by atoms with Gasteiger partial charge in [0.25, 0.3) is 0 Å². The molecule has 2 heterocycles. The lowest BCUT2D eigenvalue weighted by atomic mass is 9.82. The molecule has 41 heavy (non-hydrogen) atoms. The van der Waals surface area contributed by atoms with Crippen LogP contribution in [0.25, 0.3) is 0 Å². The Kier molecular flexibility index (Phi) is 9.22. The van der Waals surface area contributed by atoms with Crippen LogP contribution in [0.15, 0.2) is 47.6 Å². The van der Waals surface area contributed by atoms with E-state index in [0.29, 0.717) is 19.1 Å². The molecule has 0 radical (unpaired) electrons. The van der Waals surface area contributed by atoms with E-state index in [-0.39, 0.29) is 12.1 Å².